The minimum atomic E-state index is 0.817. The number of hydrogen-bond donors (Lipinski definition) is 0. The summed E-state index contributed by atoms with van der Waals surface area (Å²) in [6, 6.07) is 0. The quantitative estimate of drug-likeness (QED) is 0.386. The van der Waals surface area contributed by atoms with Gasteiger partial charge in [-0.25, -0.2) is 0 Å². The molecule has 0 spiro atoms. The zero-order chi connectivity index (χ0) is 9.23. The third-order valence-corrected chi connectivity index (χ3v) is 2.00. The summed E-state index contributed by atoms with van der Waals surface area (Å²) >= 11 is 0. The summed E-state index contributed by atoms with van der Waals surface area (Å²) in [5, 5.41) is 0. The van der Waals surface area contributed by atoms with Gasteiger partial charge in [-0.15, -0.1) is 0 Å². The molecule has 0 aliphatic carbocycles. The molecule has 0 amide bonds. The van der Waals surface area contributed by atoms with E-state index in [1.165, 1.54) is 38.5 Å². The third kappa shape index (κ3) is 9.74. The fourth-order valence-corrected chi connectivity index (χ4v) is 1.18. The first-order chi connectivity index (χ1) is 5.77. The lowest BCUT2D eigenvalue weighted by Crippen LogP contribution is -1.81. The second-order valence-electron chi connectivity index (χ2n) is 3.95. The second kappa shape index (κ2) is 8.83. The van der Waals surface area contributed by atoms with Crippen molar-refractivity contribution in [2.45, 2.75) is 59.3 Å². The van der Waals surface area contributed by atoms with E-state index in [1.54, 1.807) is 0 Å². The number of unbranched alkanes of at least 4 members (excludes halogenated alkanes) is 4. The molecular weight excluding hydrogens is 144 g/mol. The van der Waals surface area contributed by atoms with Gasteiger partial charge in [0.2, 0.25) is 0 Å². The lowest BCUT2D eigenvalue weighted by atomic mass is 10.1. The Morgan fingerprint density at radius 1 is 1.00 bits per heavy atom. The Hall–Kier alpha value is -0.260. The number of hydrogen-bond acceptors (Lipinski definition) is 0. The van der Waals surface area contributed by atoms with Crippen molar-refractivity contribution >= 4 is 0 Å². The lowest BCUT2D eigenvalue weighted by Gasteiger charge is -1.97. The maximum atomic E-state index is 2.34. The molecule has 0 radical (unpaired) electrons. The van der Waals surface area contributed by atoms with Gasteiger partial charge in [0.15, 0.2) is 0 Å². The first kappa shape index (κ1) is 11.7. The highest BCUT2D eigenvalue weighted by molar-refractivity contribution is 4.82. The van der Waals surface area contributed by atoms with Crippen molar-refractivity contribution < 1.29 is 0 Å². The summed E-state index contributed by atoms with van der Waals surface area (Å²) in [5.74, 6) is 0.817. The van der Waals surface area contributed by atoms with Gasteiger partial charge in [0.05, 0.1) is 0 Å². The summed E-state index contributed by atoms with van der Waals surface area (Å²) < 4.78 is 0. The van der Waals surface area contributed by atoms with Crippen LogP contribution in [0.25, 0.3) is 0 Å². The molecule has 0 unspecified atom stereocenters. The minimum absolute atomic E-state index is 0.817. The Morgan fingerprint density at radius 2 is 1.75 bits per heavy atom. The van der Waals surface area contributed by atoms with Crippen LogP contribution < -0.4 is 0 Å². The predicted molar refractivity (Wildman–Crippen MR) is 57.4 cm³/mol. The van der Waals surface area contributed by atoms with Crippen LogP contribution in [0.5, 0.6) is 0 Å². The smallest absolute Gasteiger partial charge is 0.0327 e. The van der Waals surface area contributed by atoms with Crippen LogP contribution in [0.3, 0.4) is 0 Å². The van der Waals surface area contributed by atoms with Gasteiger partial charge >= 0.3 is 0 Å². The number of allylic oxidation sites excluding steroid dienone is 2. The Kier molecular flexibility index (Phi) is 8.64. The molecule has 0 aliphatic rings. The van der Waals surface area contributed by atoms with Crippen LogP contribution in [0.1, 0.15) is 59.3 Å². The average Bonchev–Trinajstić information content (AvgIpc) is 2.02. The van der Waals surface area contributed by atoms with Gasteiger partial charge in [-0.05, 0) is 25.2 Å². The van der Waals surface area contributed by atoms with Crippen LogP contribution >= 0.6 is 0 Å². The van der Waals surface area contributed by atoms with Crippen LogP contribution in [0.4, 0.5) is 0 Å². The summed E-state index contributed by atoms with van der Waals surface area (Å²) in [4.78, 5) is 0. The molecule has 0 saturated heterocycles. The van der Waals surface area contributed by atoms with Crippen molar-refractivity contribution in [3.8, 4) is 0 Å². The van der Waals surface area contributed by atoms with E-state index >= 15 is 0 Å². The molecule has 0 nitrogen and oxygen atoms in total. The maximum Gasteiger partial charge on any atom is -0.0327 e. The molecule has 0 heteroatoms. The van der Waals surface area contributed by atoms with E-state index in [-0.39, 0.29) is 0 Å². The highest BCUT2D eigenvalue weighted by Gasteiger charge is 1.87. The molecular formula is C12H24. The Balaban J connectivity index is 3.03. The molecule has 0 rings (SSSR count). The summed E-state index contributed by atoms with van der Waals surface area (Å²) in [6.45, 7) is 6.79. The zero-order valence-corrected chi connectivity index (χ0v) is 8.97. The fourth-order valence-electron chi connectivity index (χ4n) is 1.18. The Bertz CT molecular complexity index is 101. The molecule has 0 fully saturated rings. The van der Waals surface area contributed by atoms with E-state index in [1.807, 2.05) is 0 Å². The van der Waals surface area contributed by atoms with E-state index in [0.717, 1.165) is 5.92 Å². The second-order valence-corrected chi connectivity index (χ2v) is 3.95. The van der Waals surface area contributed by atoms with Crippen molar-refractivity contribution in [1.29, 1.82) is 0 Å². The van der Waals surface area contributed by atoms with Gasteiger partial charge in [0, 0.05) is 0 Å². The largest absolute Gasteiger partial charge is 0.0885 e. The first-order valence-corrected chi connectivity index (χ1v) is 5.42. The van der Waals surface area contributed by atoms with Crippen molar-refractivity contribution in [1.82, 2.24) is 0 Å². The molecule has 0 aromatic carbocycles. The molecule has 0 saturated carbocycles. The summed E-state index contributed by atoms with van der Waals surface area (Å²) in [5.41, 5.74) is 0. The summed E-state index contributed by atoms with van der Waals surface area (Å²) in [7, 11) is 0. The molecule has 72 valence electrons. The highest BCUT2D eigenvalue weighted by Crippen LogP contribution is 2.05. The molecule has 0 atom stereocenters. The van der Waals surface area contributed by atoms with Crippen molar-refractivity contribution in [3.63, 3.8) is 0 Å². The molecule has 12 heavy (non-hydrogen) atoms. The normalized spacial score (nSPS) is 11.7. The predicted octanol–water partition coefficient (Wildman–Crippen LogP) is 4.56. The average molecular weight is 168 g/mol. The standard InChI is InChI=1S/C12H24/c1-4-5-6-7-8-9-10-11-12(2)3/h9-10,12H,4-8,11H2,1-3H3/b10-9+. The zero-order valence-electron chi connectivity index (χ0n) is 8.97. The van der Waals surface area contributed by atoms with Gasteiger partial charge in [0.1, 0.15) is 0 Å². The van der Waals surface area contributed by atoms with E-state index in [4.69, 9.17) is 0 Å². The van der Waals surface area contributed by atoms with E-state index in [0.29, 0.717) is 0 Å². The van der Waals surface area contributed by atoms with Crippen molar-refractivity contribution in [3.05, 3.63) is 12.2 Å². The molecule has 0 aromatic heterocycles. The molecule has 0 bridgehead atoms. The third-order valence-electron chi connectivity index (χ3n) is 2.00. The molecule has 0 N–H and O–H groups in total. The topological polar surface area (TPSA) is 0 Å². The first-order valence-electron chi connectivity index (χ1n) is 5.42. The van der Waals surface area contributed by atoms with Crippen LogP contribution in [-0.2, 0) is 0 Å². The van der Waals surface area contributed by atoms with Crippen molar-refractivity contribution in [2.75, 3.05) is 0 Å². The SMILES string of the molecule is CCCCCC/C=C/CC(C)C. The Morgan fingerprint density at radius 3 is 2.33 bits per heavy atom. The van der Waals surface area contributed by atoms with E-state index in [9.17, 15) is 0 Å². The number of rotatable bonds is 7. The van der Waals surface area contributed by atoms with Crippen LogP contribution in [0, 0.1) is 5.92 Å². The Labute approximate surface area is 78.1 Å². The van der Waals surface area contributed by atoms with Gasteiger partial charge in [-0.2, -0.15) is 0 Å². The van der Waals surface area contributed by atoms with Crippen LogP contribution in [-0.4, -0.2) is 0 Å². The van der Waals surface area contributed by atoms with Gasteiger partial charge in [-0.1, -0.05) is 52.2 Å². The fraction of sp³-hybridized carbons (Fsp3) is 0.833. The minimum Gasteiger partial charge on any atom is -0.0885 e. The monoisotopic (exact) mass is 168 g/mol. The molecule has 0 aliphatic heterocycles. The van der Waals surface area contributed by atoms with E-state index in [2.05, 4.69) is 32.9 Å². The molecule has 0 aromatic rings. The molecule has 0 heterocycles. The van der Waals surface area contributed by atoms with Crippen LogP contribution in [0.2, 0.25) is 0 Å². The lowest BCUT2D eigenvalue weighted by molar-refractivity contribution is 0.654. The van der Waals surface area contributed by atoms with Gasteiger partial charge in [0.25, 0.3) is 0 Å². The summed E-state index contributed by atoms with van der Waals surface area (Å²) in [6.07, 6.45) is 12.7. The van der Waals surface area contributed by atoms with Crippen molar-refractivity contribution in [2.24, 2.45) is 5.92 Å². The van der Waals surface area contributed by atoms with Gasteiger partial charge in [-0.3, -0.25) is 0 Å². The van der Waals surface area contributed by atoms with E-state index < -0.39 is 0 Å². The highest BCUT2D eigenvalue weighted by atomic mass is 13.9. The van der Waals surface area contributed by atoms with Crippen LogP contribution in [0.15, 0.2) is 12.2 Å². The van der Waals surface area contributed by atoms with Gasteiger partial charge < -0.3 is 0 Å². The maximum absolute atomic E-state index is 2.34.